The van der Waals surface area contributed by atoms with Gasteiger partial charge in [-0.25, -0.2) is 8.42 Å². The van der Waals surface area contributed by atoms with E-state index in [1.807, 2.05) is 4.72 Å². The molecule has 0 aliphatic heterocycles. The van der Waals surface area contributed by atoms with E-state index in [0.29, 0.717) is 0 Å². The molecule has 0 heterocycles. The third-order valence-electron chi connectivity index (χ3n) is 2.57. The van der Waals surface area contributed by atoms with Gasteiger partial charge < -0.3 is 9.84 Å². The second kappa shape index (κ2) is 7.39. The minimum Gasteiger partial charge on any atom is -0.480 e. The minimum absolute atomic E-state index is 0.153. The van der Waals surface area contributed by atoms with Gasteiger partial charge in [0.2, 0.25) is 10.0 Å². The van der Waals surface area contributed by atoms with Crippen LogP contribution in [-0.4, -0.2) is 38.6 Å². The summed E-state index contributed by atoms with van der Waals surface area (Å²) in [5.41, 5.74) is 0. The molecular formula is C12H14ClNO6S. The summed E-state index contributed by atoms with van der Waals surface area (Å²) in [6, 6.07) is 3.97. The molecule has 1 aromatic carbocycles. The predicted molar refractivity (Wildman–Crippen MR) is 74.4 cm³/mol. The van der Waals surface area contributed by atoms with Crippen LogP contribution in [0.1, 0.15) is 12.8 Å². The zero-order valence-electron chi connectivity index (χ0n) is 11.1. The van der Waals surface area contributed by atoms with Gasteiger partial charge in [-0.1, -0.05) is 17.7 Å². The van der Waals surface area contributed by atoms with E-state index in [2.05, 4.69) is 4.74 Å². The number of nitrogens with one attached hydrogen (secondary N) is 1. The molecule has 116 valence electrons. The standard InChI is InChI=1S/C12H14ClNO6S/c1-20-11(15)6-5-10(12(16)17)14-21(18,19)9-4-2-3-8(13)7-9/h2-4,7,10,14H,5-6H2,1H3,(H,16,17)/t10-/m1/s1. The van der Waals surface area contributed by atoms with E-state index in [4.69, 9.17) is 16.7 Å². The molecule has 0 aliphatic carbocycles. The van der Waals surface area contributed by atoms with E-state index in [0.717, 1.165) is 7.11 Å². The summed E-state index contributed by atoms with van der Waals surface area (Å²) in [5, 5.41) is 9.23. The largest absolute Gasteiger partial charge is 0.480 e. The number of carboxylic acid groups (broad SMARTS) is 1. The van der Waals surface area contributed by atoms with E-state index < -0.39 is 28.0 Å². The fourth-order valence-corrected chi connectivity index (χ4v) is 3.01. The number of rotatable bonds is 7. The summed E-state index contributed by atoms with van der Waals surface area (Å²) in [6.45, 7) is 0. The first-order valence-electron chi connectivity index (χ1n) is 5.84. The molecule has 0 radical (unpaired) electrons. The molecule has 7 nitrogen and oxygen atoms in total. The van der Waals surface area contributed by atoms with Crippen molar-refractivity contribution in [3.05, 3.63) is 29.3 Å². The highest BCUT2D eigenvalue weighted by atomic mass is 35.5. The lowest BCUT2D eigenvalue weighted by Gasteiger charge is -2.14. The summed E-state index contributed by atoms with van der Waals surface area (Å²) in [6.07, 6.45) is -0.437. The highest BCUT2D eigenvalue weighted by Gasteiger charge is 2.26. The Kier molecular flexibility index (Phi) is 6.13. The zero-order chi connectivity index (χ0) is 16.0. The second-order valence-corrected chi connectivity index (χ2v) is 6.23. The number of carboxylic acids is 1. The summed E-state index contributed by atoms with van der Waals surface area (Å²) in [5.74, 6) is -2.01. The molecule has 0 amide bonds. The van der Waals surface area contributed by atoms with Crippen molar-refractivity contribution >= 4 is 33.6 Å². The monoisotopic (exact) mass is 335 g/mol. The number of hydrogen-bond donors (Lipinski definition) is 2. The van der Waals surface area contributed by atoms with Crippen LogP contribution in [0.2, 0.25) is 5.02 Å². The average Bonchev–Trinajstić information content (AvgIpc) is 2.42. The molecule has 9 heteroatoms. The molecule has 0 saturated carbocycles. The van der Waals surface area contributed by atoms with E-state index in [1.165, 1.54) is 24.3 Å². The van der Waals surface area contributed by atoms with Crippen LogP contribution >= 0.6 is 11.6 Å². The number of carbonyl (C=O) groups is 2. The number of aliphatic carboxylic acids is 1. The third kappa shape index (κ3) is 5.33. The molecule has 0 aliphatic rings. The lowest BCUT2D eigenvalue weighted by Crippen LogP contribution is -2.41. The van der Waals surface area contributed by atoms with Crippen LogP contribution in [0, 0.1) is 0 Å². The lowest BCUT2D eigenvalue weighted by atomic mass is 10.2. The van der Waals surface area contributed by atoms with Crippen molar-refractivity contribution in [1.29, 1.82) is 0 Å². The molecular weight excluding hydrogens is 322 g/mol. The van der Waals surface area contributed by atoms with Gasteiger partial charge >= 0.3 is 11.9 Å². The lowest BCUT2D eigenvalue weighted by molar-refractivity contribution is -0.142. The summed E-state index contributed by atoms with van der Waals surface area (Å²) < 4.78 is 30.5. The van der Waals surface area contributed by atoms with Crippen molar-refractivity contribution < 1.29 is 27.9 Å². The van der Waals surface area contributed by atoms with Gasteiger partial charge in [-0.2, -0.15) is 4.72 Å². The Bertz CT molecular complexity index is 630. The van der Waals surface area contributed by atoms with Gasteiger partial charge in [0.25, 0.3) is 0 Å². The molecule has 0 fully saturated rings. The molecule has 0 aromatic heterocycles. The van der Waals surface area contributed by atoms with Crippen molar-refractivity contribution in [2.75, 3.05) is 7.11 Å². The summed E-state index contributed by atoms with van der Waals surface area (Å²) >= 11 is 5.70. The van der Waals surface area contributed by atoms with Crippen molar-refractivity contribution in [2.24, 2.45) is 0 Å². The van der Waals surface area contributed by atoms with Gasteiger partial charge in [0.1, 0.15) is 6.04 Å². The smallest absolute Gasteiger partial charge is 0.321 e. The Morgan fingerprint density at radius 1 is 1.43 bits per heavy atom. The van der Waals surface area contributed by atoms with Crippen molar-refractivity contribution in [2.45, 2.75) is 23.8 Å². The maximum absolute atomic E-state index is 12.1. The number of halogens is 1. The molecule has 0 bridgehead atoms. The van der Waals surface area contributed by atoms with Gasteiger partial charge in [-0.15, -0.1) is 0 Å². The Balaban J connectivity index is 2.87. The zero-order valence-corrected chi connectivity index (χ0v) is 12.6. The van der Waals surface area contributed by atoms with Gasteiger partial charge in [0, 0.05) is 11.4 Å². The molecule has 21 heavy (non-hydrogen) atoms. The third-order valence-corrected chi connectivity index (χ3v) is 4.27. The maximum atomic E-state index is 12.1. The molecule has 1 rings (SSSR count). The van der Waals surface area contributed by atoms with Gasteiger partial charge in [-0.3, -0.25) is 9.59 Å². The van der Waals surface area contributed by atoms with E-state index in [1.54, 1.807) is 0 Å². The SMILES string of the molecule is COC(=O)CC[C@@H](NS(=O)(=O)c1cccc(Cl)c1)C(=O)O. The molecule has 0 unspecified atom stereocenters. The van der Waals surface area contributed by atoms with Crippen LogP contribution in [0.4, 0.5) is 0 Å². The maximum Gasteiger partial charge on any atom is 0.321 e. The van der Waals surface area contributed by atoms with E-state index in [-0.39, 0.29) is 22.8 Å². The predicted octanol–water partition coefficient (Wildman–Crippen LogP) is 1.02. The van der Waals surface area contributed by atoms with Crippen LogP contribution in [0.5, 0.6) is 0 Å². The van der Waals surface area contributed by atoms with Crippen LogP contribution in [-0.2, 0) is 24.3 Å². The number of sulfonamides is 1. The number of hydrogen-bond acceptors (Lipinski definition) is 5. The van der Waals surface area contributed by atoms with E-state index >= 15 is 0 Å². The minimum atomic E-state index is -4.05. The molecule has 1 aromatic rings. The Morgan fingerprint density at radius 3 is 2.62 bits per heavy atom. The summed E-state index contributed by atoms with van der Waals surface area (Å²) in [7, 11) is -2.89. The van der Waals surface area contributed by atoms with Crippen LogP contribution in [0.15, 0.2) is 29.2 Å². The van der Waals surface area contributed by atoms with Crippen molar-refractivity contribution in [3.8, 4) is 0 Å². The van der Waals surface area contributed by atoms with Gasteiger partial charge in [0.05, 0.1) is 12.0 Å². The second-order valence-electron chi connectivity index (χ2n) is 4.08. The normalized spacial score (nSPS) is 12.7. The molecule has 0 spiro atoms. The number of methoxy groups -OCH3 is 1. The first-order chi connectivity index (χ1) is 9.76. The Labute approximate surface area is 126 Å². The summed E-state index contributed by atoms with van der Waals surface area (Å²) in [4.78, 5) is 21.9. The van der Waals surface area contributed by atoms with Crippen LogP contribution in [0.25, 0.3) is 0 Å². The molecule has 1 atom stereocenters. The number of ether oxygens (including phenoxy) is 1. The Hall–Kier alpha value is -1.64. The number of carbonyl (C=O) groups excluding carboxylic acids is 1. The first kappa shape index (κ1) is 17.4. The van der Waals surface area contributed by atoms with Crippen LogP contribution in [0.3, 0.4) is 0 Å². The first-order valence-corrected chi connectivity index (χ1v) is 7.70. The highest BCUT2D eigenvalue weighted by Crippen LogP contribution is 2.16. The fraction of sp³-hybridized carbons (Fsp3) is 0.333. The number of benzene rings is 1. The Morgan fingerprint density at radius 2 is 2.10 bits per heavy atom. The average molecular weight is 336 g/mol. The topological polar surface area (TPSA) is 110 Å². The fourth-order valence-electron chi connectivity index (χ4n) is 1.49. The van der Waals surface area contributed by atoms with Gasteiger partial charge in [-0.05, 0) is 24.6 Å². The van der Waals surface area contributed by atoms with Crippen molar-refractivity contribution in [1.82, 2.24) is 4.72 Å². The van der Waals surface area contributed by atoms with Crippen molar-refractivity contribution in [3.63, 3.8) is 0 Å². The van der Waals surface area contributed by atoms with Crippen LogP contribution < -0.4 is 4.72 Å². The quantitative estimate of drug-likeness (QED) is 0.720. The number of esters is 1. The van der Waals surface area contributed by atoms with Gasteiger partial charge in [0.15, 0.2) is 0 Å². The highest BCUT2D eigenvalue weighted by molar-refractivity contribution is 7.89. The van der Waals surface area contributed by atoms with E-state index in [9.17, 15) is 18.0 Å². The molecule has 2 N–H and O–H groups in total. The molecule has 0 saturated heterocycles.